The lowest BCUT2D eigenvalue weighted by molar-refractivity contribution is 0.287. The maximum atomic E-state index is 5.72. The highest BCUT2D eigenvalue weighted by Crippen LogP contribution is 2.30. The highest BCUT2D eigenvalue weighted by atomic mass is 127. The number of hydrogen-bond donors (Lipinski definition) is 2. The van der Waals surface area contributed by atoms with E-state index in [4.69, 9.17) is 9.47 Å². The predicted octanol–water partition coefficient (Wildman–Crippen LogP) is 4.47. The summed E-state index contributed by atoms with van der Waals surface area (Å²) < 4.78 is 11.4. The summed E-state index contributed by atoms with van der Waals surface area (Å²) >= 11 is 1.85. The molecule has 1 atom stereocenters. The quantitative estimate of drug-likeness (QED) is 0.205. The van der Waals surface area contributed by atoms with Crippen LogP contribution < -0.4 is 20.1 Å². The van der Waals surface area contributed by atoms with Crippen LogP contribution in [0.1, 0.15) is 45.7 Å². The van der Waals surface area contributed by atoms with Crippen molar-refractivity contribution in [2.24, 2.45) is 4.99 Å². The first-order valence-electron chi connectivity index (χ1n) is 9.09. The second kappa shape index (κ2) is 15.2. The van der Waals surface area contributed by atoms with Gasteiger partial charge in [-0.15, -0.1) is 24.0 Å². The number of rotatable bonds is 11. The molecule has 0 aliphatic heterocycles. The van der Waals surface area contributed by atoms with Crippen molar-refractivity contribution in [1.82, 2.24) is 10.6 Å². The molecule has 1 aromatic carbocycles. The zero-order valence-corrected chi connectivity index (χ0v) is 19.8. The number of nitrogens with zero attached hydrogens (tertiary/aromatic N) is 1. The minimum Gasteiger partial charge on any atom is -0.490 e. The third-order valence-electron chi connectivity index (χ3n) is 3.54. The van der Waals surface area contributed by atoms with Crippen LogP contribution in [0.25, 0.3) is 0 Å². The normalized spacial score (nSPS) is 12.1. The molecule has 0 aliphatic carbocycles. The molecule has 0 spiro atoms. The zero-order chi connectivity index (χ0) is 18.5. The largest absolute Gasteiger partial charge is 0.490 e. The molecule has 0 aromatic heterocycles. The molecule has 0 fully saturated rings. The van der Waals surface area contributed by atoms with Crippen LogP contribution in [0.5, 0.6) is 11.5 Å². The fourth-order valence-corrected chi connectivity index (χ4v) is 2.76. The summed E-state index contributed by atoms with van der Waals surface area (Å²) in [7, 11) is 0. The van der Waals surface area contributed by atoms with Gasteiger partial charge < -0.3 is 20.1 Å². The molecule has 1 aromatic rings. The van der Waals surface area contributed by atoms with E-state index in [1.54, 1.807) is 0 Å². The first kappa shape index (κ1) is 25.2. The molecular weight excluding hydrogens is 461 g/mol. The second-order valence-electron chi connectivity index (χ2n) is 5.55. The van der Waals surface area contributed by atoms with Crippen molar-refractivity contribution in [2.75, 3.05) is 38.3 Å². The van der Waals surface area contributed by atoms with Gasteiger partial charge in [0, 0.05) is 13.1 Å². The fourth-order valence-electron chi connectivity index (χ4n) is 2.35. The number of aliphatic imine (C=N–C) groups is 1. The molecule has 26 heavy (non-hydrogen) atoms. The lowest BCUT2D eigenvalue weighted by Crippen LogP contribution is -2.38. The van der Waals surface area contributed by atoms with Gasteiger partial charge in [0.1, 0.15) is 0 Å². The predicted molar refractivity (Wildman–Crippen MR) is 125 cm³/mol. The standard InChI is InChI=1S/C19H33N3O2S.HI/c1-6-20-19(21-12-9-13-25-5)22-15(4)16-10-11-17(23-7-2)18(14-16)24-8-3;/h10-11,14-15H,6-9,12-13H2,1-5H3,(H2,20,21,22);1H. The number of thioether (sulfide) groups is 1. The van der Waals surface area contributed by atoms with Gasteiger partial charge in [-0.2, -0.15) is 11.8 Å². The van der Waals surface area contributed by atoms with Crippen LogP contribution in [0.3, 0.4) is 0 Å². The number of ether oxygens (including phenoxy) is 2. The van der Waals surface area contributed by atoms with Gasteiger partial charge >= 0.3 is 0 Å². The highest BCUT2D eigenvalue weighted by molar-refractivity contribution is 14.0. The Morgan fingerprint density at radius 1 is 1.15 bits per heavy atom. The van der Waals surface area contributed by atoms with Crippen LogP contribution in [0.15, 0.2) is 23.2 Å². The van der Waals surface area contributed by atoms with Crippen LogP contribution in [0.4, 0.5) is 0 Å². The van der Waals surface area contributed by atoms with Crippen LogP contribution >= 0.6 is 35.7 Å². The SMILES string of the molecule is CCNC(=NCCCSC)NC(C)c1ccc(OCC)c(OCC)c1.I. The van der Waals surface area contributed by atoms with E-state index in [-0.39, 0.29) is 30.0 Å². The Morgan fingerprint density at radius 2 is 1.85 bits per heavy atom. The van der Waals surface area contributed by atoms with E-state index in [1.807, 2.05) is 37.7 Å². The molecule has 0 bridgehead atoms. The Bertz CT molecular complexity index is 530. The third kappa shape index (κ3) is 9.21. The van der Waals surface area contributed by atoms with Gasteiger partial charge in [0.05, 0.1) is 19.3 Å². The van der Waals surface area contributed by atoms with Crippen molar-refractivity contribution in [1.29, 1.82) is 0 Å². The summed E-state index contributed by atoms with van der Waals surface area (Å²) in [5.41, 5.74) is 1.14. The zero-order valence-electron chi connectivity index (χ0n) is 16.6. The molecule has 0 saturated heterocycles. The van der Waals surface area contributed by atoms with Crippen molar-refractivity contribution in [3.05, 3.63) is 23.8 Å². The number of halogens is 1. The van der Waals surface area contributed by atoms with Gasteiger partial charge in [-0.3, -0.25) is 4.99 Å². The monoisotopic (exact) mass is 495 g/mol. The van der Waals surface area contributed by atoms with Gasteiger partial charge in [0.2, 0.25) is 0 Å². The molecular formula is C19H34IN3O2S. The molecule has 2 N–H and O–H groups in total. The first-order chi connectivity index (χ1) is 12.2. The van der Waals surface area contributed by atoms with Crippen LogP contribution in [-0.4, -0.2) is 44.3 Å². The minimum absolute atomic E-state index is 0. The lowest BCUT2D eigenvalue weighted by atomic mass is 10.1. The summed E-state index contributed by atoms with van der Waals surface area (Å²) in [6, 6.07) is 6.21. The molecule has 1 rings (SSSR count). The molecule has 0 amide bonds. The van der Waals surface area contributed by atoms with E-state index in [0.717, 1.165) is 48.3 Å². The van der Waals surface area contributed by atoms with E-state index < -0.39 is 0 Å². The smallest absolute Gasteiger partial charge is 0.191 e. The average molecular weight is 495 g/mol. The molecule has 0 heterocycles. The van der Waals surface area contributed by atoms with Crippen LogP contribution in [0, 0.1) is 0 Å². The van der Waals surface area contributed by atoms with Crippen LogP contribution in [0.2, 0.25) is 0 Å². The van der Waals surface area contributed by atoms with E-state index >= 15 is 0 Å². The van der Waals surface area contributed by atoms with Crippen molar-refractivity contribution >= 4 is 41.7 Å². The van der Waals surface area contributed by atoms with Crippen molar-refractivity contribution in [2.45, 2.75) is 40.2 Å². The van der Waals surface area contributed by atoms with E-state index in [2.05, 4.69) is 41.8 Å². The van der Waals surface area contributed by atoms with Gasteiger partial charge in [-0.05, 0) is 63.8 Å². The number of nitrogens with one attached hydrogen (secondary N) is 2. The summed E-state index contributed by atoms with van der Waals surface area (Å²) in [6.45, 7) is 11.1. The summed E-state index contributed by atoms with van der Waals surface area (Å²) in [5, 5.41) is 6.78. The molecule has 0 saturated carbocycles. The summed E-state index contributed by atoms with van der Waals surface area (Å²) in [5.74, 6) is 3.56. The Morgan fingerprint density at radius 3 is 2.46 bits per heavy atom. The number of hydrogen-bond acceptors (Lipinski definition) is 4. The van der Waals surface area contributed by atoms with Gasteiger partial charge in [-0.1, -0.05) is 6.07 Å². The lowest BCUT2D eigenvalue weighted by Gasteiger charge is -2.20. The van der Waals surface area contributed by atoms with E-state index in [9.17, 15) is 0 Å². The van der Waals surface area contributed by atoms with E-state index in [0.29, 0.717) is 13.2 Å². The fraction of sp³-hybridized carbons (Fsp3) is 0.632. The molecule has 5 nitrogen and oxygen atoms in total. The van der Waals surface area contributed by atoms with Crippen LogP contribution in [-0.2, 0) is 0 Å². The number of benzene rings is 1. The first-order valence-corrected chi connectivity index (χ1v) is 10.5. The summed E-state index contributed by atoms with van der Waals surface area (Å²) in [6.07, 6.45) is 3.21. The average Bonchev–Trinajstić information content (AvgIpc) is 2.60. The Hall–Kier alpha value is -0.830. The van der Waals surface area contributed by atoms with Gasteiger partial charge in [0.15, 0.2) is 17.5 Å². The Balaban J connectivity index is 0.00000625. The maximum absolute atomic E-state index is 5.72. The molecule has 0 radical (unpaired) electrons. The molecule has 0 aliphatic rings. The third-order valence-corrected chi connectivity index (χ3v) is 4.24. The Labute approximate surface area is 180 Å². The maximum Gasteiger partial charge on any atom is 0.191 e. The van der Waals surface area contributed by atoms with Crippen molar-refractivity contribution in [3.8, 4) is 11.5 Å². The highest BCUT2D eigenvalue weighted by Gasteiger charge is 2.12. The summed E-state index contributed by atoms with van der Waals surface area (Å²) in [4.78, 5) is 4.65. The molecule has 7 heteroatoms. The topological polar surface area (TPSA) is 54.9 Å². The molecule has 1 unspecified atom stereocenters. The number of guanidine groups is 1. The van der Waals surface area contributed by atoms with Gasteiger partial charge in [-0.25, -0.2) is 0 Å². The minimum atomic E-state index is 0. The van der Waals surface area contributed by atoms with Gasteiger partial charge in [0.25, 0.3) is 0 Å². The van der Waals surface area contributed by atoms with E-state index in [1.165, 1.54) is 0 Å². The second-order valence-corrected chi connectivity index (χ2v) is 6.53. The van der Waals surface area contributed by atoms with Crippen molar-refractivity contribution < 1.29 is 9.47 Å². The molecule has 150 valence electrons. The van der Waals surface area contributed by atoms with Crippen molar-refractivity contribution in [3.63, 3.8) is 0 Å². The Kier molecular flexibility index (Phi) is 14.8.